The highest BCUT2D eigenvalue weighted by atomic mass is 79.9. The van der Waals surface area contributed by atoms with E-state index in [2.05, 4.69) is 39.2 Å². The highest BCUT2D eigenvalue weighted by molar-refractivity contribution is 9.10. The normalized spacial score (nSPS) is 10.6. The molecule has 0 aliphatic heterocycles. The molecule has 0 radical (unpaired) electrons. The van der Waals surface area contributed by atoms with Crippen molar-refractivity contribution >= 4 is 49.7 Å². The molecule has 24 heavy (non-hydrogen) atoms. The van der Waals surface area contributed by atoms with E-state index in [1.54, 1.807) is 12.1 Å². The molecule has 6 heteroatoms. The molecule has 0 atom stereocenters. The number of halogens is 1. The molecule has 1 heterocycles. The molecule has 3 aromatic rings. The number of hydrogen-bond acceptors (Lipinski definition) is 5. The van der Waals surface area contributed by atoms with Crippen molar-refractivity contribution in [3.63, 3.8) is 0 Å². The van der Waals surface area contributed by atoms with E-state index in [1.807, 2.05) is 30.3 Å². The molecule has 0 bridgehead atoms. The van der Waals surface area contributed by atoms with Crippen LogP contribution in [-0.4, -0.2) is 10.8 Å². The van der Waals surface area contributed by atoms with Gasteiger partial charge >= 0.3 is 0 Å². The van der Waals surface area contributed by atoms with Gasteiger partial charge in [0, 0.05) is 15.7 Å². The standard InChI is InChI=1S/C18H16BrN3OS/c1-2-11-6-3-4-9-14(11)21-18-22-17(20)16(24-18)15(23)12-7-5-8-13(19)10-12/h3-10H,2,20H2,1H3,(H,21,22). The summed E-state index contributed by atoms with van der Waals surface area (Å²) in [6, 6.07) is 15.3. The zero-order chi connectivity index (χ0) is 17.1. The molecule has 0 spiro atoms. The topological polar surface area (TPSA) is 68.0 Å². The van der Waals surface area contributed by atoms with Gasteiger partial charge in [-0.05, 0) is 30.2 Å². The number of aryl methyl sites for hydroxylation is 1. The molecule has 2 aromatic carbocycles. The third-order valence-electron chi connectivity index (χ3n) is 3.59. The summed E-state index contributed by atoms with van der Waals surface area (Å²) < 4.78 is 0.853. The predicted molar refractivity (Wildman–Crippen MR) is 103 cm³/mol. The van der Waals surface area contributed by atoms with Gasteiger partial charge in [0.05, 0.1) is 0 Å². The third kappa shape index (κ3) is 3.49. The van der Waals surface area contributed by atoms with Gasteiger partial charge in [-0.1, -0.05) is 64.5 Å². The van der Waals surface area contributed by atoms with Crippen LogP contribution < -0.4 is 11.1 Å². The molecule has 0 amide bonds. The maximum absolute atomic E-state index is 12.7. The molecule has 122 valence electrons. The Morgan fingerprint density at radius 3 is 2.79 bits per heavy atom. The maximum atomic E-state index is 12.7. The van der Waals surface area contributed by atoms with Crippen LogP contribution in [0.4, 0.5) is 16.6 Å². The minimum Gasteiger partial charge on any atom is -0.382 e. The summed E-state index contributed by atoms with van der Waals surface area (Å²) in [5.74, 6) is 0.129. The van der Waals surface area contributed by atoms with Crippen LogP contribution in [0.15, 0.2) is 53.0 Å². The van der Waals surface area contributed by atoms with E-state index in [9.17, 15) is 4.79 Å². The lowest BCUT2D eigenvalue weighted by molar-refractivity contribution is 0.104. The van der Waals surface area contributed by atoms with E-state index in [0.29, 0.717) is 15.6 Å². The molecular weight excluding hydrogens is 386 g/mol. The van der Waals surface area contributed by atoms with Gasteiger partial charge in [0.1, 0.15) is 10.7 Å². The van der Waals surface area contributed by atoms with Crippen LogP contribution in [0.2, 0.25) is 0 Å². The monoisotopic (exact) mass is 401 g/mol. The number of carbonyl (C=O) groups excluding carboxylic acids is 1. The van der Waals surface area contributed by atoms with E-state index in [1.165, 1.54) is 16.9 Å². The number of benzene rings is 2. The first-order chi connectivity index (χ1) is 11.6. The van der Waals surface area contributed by atoms with Crippen LogP contribution in [0.25, 0.3) is 0 Å². The van der Waals surface area contributed by atoms with Crippen molar-refractivity contribution in [1.29, 1.82) is 0 Å². The second-order valence-corrected chi connectivity index (χ2v) is 7.12. The Kier molecular flexibility index (Phi) is 4.97. The van der Waals surface area contributed by atoms with E-state index >= 15 is 0 Å². The minimum absolute atomic E-state index is 0.122. The molecule has 1 aromatic heterocycles. The van der Waals surface area contributed by atoms with Crippen molar-refractivity contribution in [3.8, 4) is 0 Å². The predicted octanol–water partition coefficient (Wildman–Crippen LogP) is 5.02. The summed E-state index contributed by atoms with van der Waals surface area (Å²) in [6.07, 6.45) is 0.911. The largest absolute Gasteiger partial charge is 0.382 e. The fraction of sp³-hybridized carbons (Fsp3) is 0.111. The zero-order valence-electron chi connectivity index (χ0n) is 13.0. The molecule has 0 aliphatic rings. The number of ketones is 1. The molecule has 0 fully saturated rings. The number of thiazole rings is 1. The summed E-state index contributed by atoms with van der Waals surface area (Å²) in [5, 5.41) is 3.89. The Balaban J connectivity index is 1.89. The highest BCUT2D eigenvalue weighted by Gasteiger charge is 2.18. The van der Waals surface area contributed by atoms with Gasteiger partial charge in [0.25, 0.3) is 0 Å². The third-order valence-corrected chi connectivity index (χ3v) is 5.06. The molecule has 0 unspecified atom stereocenters. The molecule has 3 rings (SSSR count). The first kappa shape index (κ1) is 16.7. The Labute approximate surface area is 152 Å². The number of anilines is 3. The van der Waals surface area contributed by atoms with Gasteiger partial charge in [-0.25, -0.2) is 4.98 Å². The summed E-state index contributed by atoms with van der Waals surface area (Å²) >= 11 is 4.65. The lowest BCUT2D eigenvalue weighted by Crippen LogP contribution is -2.02. The Hall–Kier alpha value is -2.18. The van der Waals surface area contributed by atoms with Gasteiger partial charge in [0.2, 0.25) is 5.78 Å². The van der Waals surface area contributed by atoms with E-state index in [-0.39, 0.29) is 11.6 Å². The van der Waals surface area contributed by atoms with E-state index < -0.39 is 0 Å². The number of carbonyl (C=O) groups is 1. The van der Waals surface area contributed by atoms with Crippen LogP contribution >= 0.6 is 27.3 Å². The summed E-state index contributed by atoms with van der Waals surface area (Å²) in [6.45, 7) is 2.10. The van der Waals surface area contributed by atoms with Crippen LogP contribution in [0, 0.1) is 0 Å². The van der Waals surface area contributed by atoms with Gasteiger partial charge in [-0.15, -0.1) is 0 Å². The van der Waals surface area contributed by atoms with Crippen molar-refractivity contribution in [2.24, 2.45) is 0 Å². The Morgan fingerprint density at radius 1 is 1.25 bits per heavy atom. The van der Waals surface area contributed by atoms with Crippen molar-refractivity contribution in [2.75, 3.05) is 11.1 Å². The lowest BCUT2D eigenvalue weighted by Gasteiger charge is -2.07. The minimum atomic E-state index is -0.122. The number of nitrogens with one attached hydrogen (secondary N) is 1. The van der Waals surface area contributed by atoms with Gasteiger partial charge < -0.3 is 11.1 Å². The number of aromatic nitrogens is 1. The number of nitrogen functional groups attached to an aromatic ring is 1. The Morgan fingerprint density at radius 2 is 2.04 bits per heavy atom. The Bertz CT molecular complexity index is 891. The van der Waals surface area contributed by atoms with E-state index in [4.69, 9.17) is 5.73 Å². The molecule has 4 nitrogen and oxygen atoms in total. The fourth-order valence-corrected chi connectivity index (χ4v) is 3.63. The van der Waals surface area contributed by atoms with Gasteiger partial charge in [0.15, 0.2) is 5.13 Å². The van der Waals surface area contributed by atoms with Gasteiger partial charge in [-0.2, -0.15) is 0 Å². The first-order valence-corrected chi connectivity index (χ1v) is 9.11. The number of hydrogen-bond donors (Lipinski definition) is 2. The van der Waals surface area contributed by atoms with Crippen molar-refractivity contribution in [1.82, 2.24) is 4.98 Å². The quantitative estimate of drug-likeness (QED) is 0.588. The number of nitrogens with zero attached hydrogens (tertiary/aromatic N) is 1. The molecule has 3 N–H and O–H groups in total. The fourth-order valence-electron chi connectivity index (χ4n) is 2.37. The second kappa shape index (κ2) is 7.15. The molecule has 0 saturated heterocycles. The molecular formula is C18H16BrN3OS. The van der Waals surface area contributed by atoms with Crippen molar-refractivity contribution in [3.05, 3.63) is 69.0 Å². The van der Waals surface area contributed by atoms with Crippen molar-refractivity contribution < 1.29 is 4.79 Å². The summed E-state index contributed by atoms with van der Waals surface area (Å²) in [7, 11) is 0. The average Bonchev–Trinajstić information content (AvgIpc) is 2.95. The zero-order valence-corrected chi connectivity index (χ0v) is 15.4. The first-order valence-electron chi connectivity index (χ1n) is 7.50. The molecule has 0 aliphatic carbocycles. The maximum Gasteiger partial charge on any atom is 0.206 e. The number of rotatable bonds is 5. The smallest absolute Gasteiger partial charge is 0.206 e. The highest BCUT2D eigenvalue weighted by Crippen LogP contribution is 2.31. The van der Waals surface area contributed by atoms with Gasteiger partial charge in [-0.3, -0.25) is 4.79 Å². The summed E-state index contributed by atoms with van der Waals surface area (Å²) in [4.78, 5) is 17.4. The van der Waals surface area contributed by atoms with Crippen LogP contribution in [-0.2, 0) is 6.42 Å². The van der Waals surface area contributed by atoms with E-state index in [0.717, 1.165) is 16.6 Å². The summed E-state index contributed by atoms with van der Waals surface area (Å²) in [5.41, 5.74) is 8.72. The van der Waals surface area contributed by atoms with Crippen LogP contribution in [0.3, 0.4) is 0 Å². The average molecular weight is 402 g/mol. The molecule has 0 saturated carbocycles. The number of para-hydroxylation sites is 1. The lowest BCUT2D eigenvalue weighted by atomic mass is 10.1. The number of nitrogens with two attached hydrogens (primary N) is 1. The van der Waals surface area contributed by atoms with Crippen molar-refractivity contribution in [2.45, 2.75) is 13.3 Å². The SMILES string of the molecule is CCc1ccccc1Nc1nc(N)c(C(=O)c2cccc(Br)c2)s1. The van der Waals surface area contributed by atoms with Crippen LogP contribution in [0.1, 0.15) is 27.7 Å². The van der Waals surface area contributed by atoms with Crippen LogP contribution in [0.5, 0.6) is 0 Å². The second-order valence-electron chi connectivity index (χ2n) is 5.21.